The second-order valence-electron chi connectivity index (χ2n) is 4.36. The lowest BCUT2D eigenvalue weighted by Gasteiger charge is -2.24. The first-order chi connectivity index (χ1) is 6.99. The largest absolute Gasteiger partial charge is 0.395 e. The molecule has 0 saturated heterocycles. The molecule has 0 spiro atoms. The Balaban J connectivity index is 2.61. The zero-order valence-electron chi connectivity index (χ0n) is 9.44. The zero-order valence-corrected chi connectivity index (χ0v) is 10.3. The molecule has 15 heavy (non-hydrogen) atoms. The van der Waals surface area contributed by atoms with Crippen molar-refractivity contribution in [3.63, 3.8) is 0 Å². The summed E-state index contributed by atoms with van der Waals surface area (Å²) in [6.07, 6.45) is 4.73. The highest BCUT2D eigenvalue weighted by Gasteiger charge is 2.35. The summed E-state index contributed by atoms with van der Waals surface area (Å²) in [7, 11) is -2.96. The van der Waals surface area contributed by atoms with E-state index in [9.17, 15) is 8.42 Å². The Kier molecular flexibility index (Phi) is 4.55. The summed E-state index contributed by atoms with van der Waals surface area (Å²) < 4.78 is 23.0. The first kappa shape index (κ1) is 12.9. The van der Waals surface area contributed by atoms with Crippen LogP contribution in [0, 0.1) is 0 Å². The van der Waals surface area contributed by atoms with Crippen LogP contribution in [0.25, 0.3) is 0 Å². The molecule has 1 rings (SSSR count). The molecule has 0 heterocycles. The van der Waals surface area contributed by atoms with E-state index < -0.39 is 9.84 Å². The fourth-order valence-electron chi connectivity index (χ4n) is 2.23. The first-order valence-electron chi connectivity index (χ1n) is 5.54. The maximum Gasteiger partial charge on any atom is 0.151 e. The summed E-state index contributed by atoms with van der Waals surface area (Å²) in [6, 6.07) is 0.0504. The number of aliphatic hydroxyl groups excluding tert-OH is 1. The summed E-state index contributed by atoms with van der Waals surface area (Å²) in [5.74, 6) is 0. The standard InChI is InChI=1S/C10H21NO3S/c1-3-8(7-12)11-9-5-4-6-10(9)15(2,13)14/h8-12H,3-7H2,1-2H3. The molecule has 4 nitrogen and oxygen atoms in total. The summed E-state index contributed by atoms with van der Waals surface area (Å²) in [5.41, 5.74) is 0. The molecule has 0 amide bonds. The molecule has 0 bridgehead atoms. The normalized spacial score (nSPS) is 29.3. The fourth-order valence-corrected chi connectivity index (χ4v) is 3.64. The van der Waals surface area contributed by atoms with Gasteiger partial charge in [0.1, 0.15) is 0 Å². The van der Waals surface area contributed by atoms with Crippen LogP contribution in [0.4, 0.5) is 0 Å². The molecule has 1 saturated carbocycles. The van der Waals surface area contributed by atoms with Gasteiger partial charge in [0, 0.05) is 18.3 Å². The molecule has 0 aromatic rings. The molecule has 1 fully saturated rings. The van der Waals surface area contributed by atoms with E-state index in [1.165, 1.54) is 6.26 Å². The van der Waals surface area contributed by atoms with Crippen LogP contribution in [0.3, 0.4) is 0 Å². The minimum atomic E-state index is -2.96. The van der Waals surface area contributed by atoms with Crippen molar-refractivity contribution in [2.75, 3.05) is 12.9 Å². The Labute approximate surface area is 92.0 Å². The number of aliphatic hydroxyl groups is 1. The molecule has 1 aliphatic carbocycles. The van der Waals surface area contributed by atoms with Gasteiger partial charge < -0.3 is 10.4 Å². The number of hydrogen-bond donors (Lipinski definition) is 2. The molecule has 0 radical (unpaired) electrons. The maximum atomic E-state index is 11.5. The molecule has 5 heteroatoms. The number of nitrogens with one attached hydrogen (secondary N) is 1. The summed E-state index contributed by atoms with van der Waals surface area (Å²) in [4.78, 5) is 0. The van der Waals surface area contributed by atoms with Crippen molar-refractivity contribution in [3.05, 3.63) is 0 Å². The van der Waals surface area contributed by atoms with E-state index >= 15 is 0 Å². The number of sulfone groups is 1. The van der Waals surface area contributed by atoms with Gasteiger partial charge in [-0.15, -0.1) is 0 Å². The van der Waals surface area contributed by atoms with Crippen LogP contribution in [0.5, 0.6) is 0 Å². The highest BCUT2D eigenvalue weighted by Crippen LogP contribution is 2.25. The van der Waals surface area contributed by atoms with Crippen molar-refractivity contribution in [1.82, 2.24) is 5.32 Å². The Morgan fingerprint density at radius 2 is 2.13 bits per heavy atom. The van der Waals surface area contributed by atoms with Crippen LogP contribution >= 0.6 is 0 Å². The van der Waals surface area contributed by atoms with Gasteiger partial charge in [-0.05, 0) is 19.3 Å². The van der Waals surface area contributed by atoms with E-state index in [1.807, 2.05) is 6.92 Å². The maximum absolute atomic E-state index is 11.5. The Morgan fingerprint density at radius 3 is 2.60 bits per heavy atom. The van der Waals surface area contributed by atoms with E-state index in [0.29, 0.717) is 0 Å². The van der Waals surface area contributed by atoms with Crippen molar-refractivity contribution in [1.29, 1.82) is 0 Å². The zero-order chi connectivity index (χ0) is 11.5. The highest BCUT2D eigenvalue weighted by atomic mass is 32.2. The minimum Gasteiger partial charge on any atom is -0.395 e. The van der Waals surface area contributed by atoms with Crippen molar-refractivity contribution in [3.8, 4) is 0 Å². The van der Waals surface area contributed by atoms with Crippen LogP contribution in [0.1, 0.15) is 32.6 Å². The van der Waals surface area contributed by atoms with Gasteiger partial charge in [-0.2, -0.15) is 0 Å². The Bertz CT molecular complexity index is 285. The molecule has 1 aliphatic rings. The van der Waals surface area contributed by atoms with E-state index in [2.05, 4.69) is 5.32 Å². The average molecular weight is 235 g/mol. The first-order valence-corrected chi connectivity index (χ1v) is 7.50. The Morgan fingerprint density at radius 1 is 1.47 bits per heavy atom. The molecule has 0 aromatic heterocycles. The van der Waals surface area contributed by atoms with Crippen LogP contribution < -0.4 is 5.32 Å². The van der Waals surface area contributed by atoms with Gasteiger partial charge in [-0.25, -0.2) is 8.42 Å². The van der Waals surface area contributed by atoms with Crippen LogP contribution in [0.2, 0.25) is 0 Å². The second-order valence-corrected chi connectivity index (χ2v) is 6.62. The number of rotatable bonds is 5. The lowest BCUT2D eigenvalue weighted by atomic mass is 10.1. The van der Waals surface area contributed by atoms with Gasteiger partial charge in [0.05, 0.1) is 11.9 Å². The summed E-state index contributed by atoms with van der Waals surface area (Å²) in [5, 5.41) is 12.0. The lowest BCUT2D eigenvalue weighted by molar-refractivity contribution is 0.228. The molecule has 3 atom stereocenters. The second kappa shape index (κ2) is 5.27. The summed E-state index contributed by atoms with van der Waals surface area (Å²) in [6.45, 7) is 2.06. The van der Waals surface area contributed by atoms with E-state index in [-0.39, 0.29) is 23.9 Å². The third-order valence-electron chi connectivity index (χ3n) is 3.17. The van der Waals surface area contributed by atoms with E-state index in [1.54, 1.807) is 0 Å². The van der Waals surface area contributed by atoms with Gasteiger partial charge in [-0.1, -0.05) is 13.3 Å². The van der Waals surface area contributed by atoms with Crippen molar-refractivity contribution in [2.45, 2.75) is 49.9 Å². The van der Waals surface area contributed by atoms with Crippen LogP contribution in [-0.4, -0.2) is 43.7 Å². The molecule has 2 N–H and O–H groups in total. The predicted molar refractivity (Wildman–Crippen MR) is 60.6 cm³/mol. The highest BCUT2D eigenvalue weighted by molar-refractivity contribution is 7.91. The molecule has 3 unspecified atom stereocenters. The topological polar surface area (TPSA) is 66.4 Å². The van der Waals surface area contributed by atoms with E-state index in [4.69, 9.17) is 5.11 Å². The number of hydrogen-bond acceptors (Lipinski definition) is 4. The summed E-state index contributed by atoms with van der Waals surface area (Å²) >= 11 is 0. The quantitative estimate of drug-likeness (QED) is 0.720. The molecule has 90 valence electrons. The van der Waals surface area contributed by atoms with Gasteiger partial charge in [0.25, 0.3) is 0 Å². The molecule has 0 aromatic carbocycles. The van der Waals surface area contributed by atoms with Crippen molar-refractivity contribution < 1.29 is 13.5 Å². The predicted octanol–water partition coefficient (Wildman–Crippen LogP) is 0.313. The van der Waals surface area contributed by atoms with Crippen LogP contribution in [-0.2, 0) is 9.84 Å². The van der Waals surface area contributed by atoms with Gasteiger partial charge in [-0.3, -0.25) is 0 Å². The van der Waals surface area contributed by atoms with Gasteiger partial charge in [0.15, 0.2) is 9.84 Å². The third kappa shape index (κ3) is 3.43. The smallest absolute Gasteiger partial charge is 0.151 e. The van der Waals surface area contributed by atoms with Crippen molar-refractivity contribution in [2.24, 2.45) is 0 Å². The van der Waals surface area contributed by atoms with Gasteiger partial charge in [0.2, 0.25) is 0 Å². The lowest BCUT2D eigenvalue weighted by Crippen LogP contribution is -2.46. The van der Waals surface area contributed by atoms with Crippen LogP contribution in [0.15, 0.2) is 0 Å². The third-order valence-corrected chi connectivity index (χ3v) is 4.83. The molecular weight excluding hydrogens is 214 g/mol. The minimum absolute atomic E-state index is 0.0251. The molecule has 0 aliphatic heterocycles. The SMILES string of the molecule is CCC(CO)NC1CCCC1S(C)(=O)=O. The van der Waals surface area contributed by atoms with Gasteiger partial charge >= 0.3 is 0 Å². The fraction of sp³-hybridized carbons (Fsp3) is 1.00. The average Bonchev–Trinajstić information content (AvgIpc) is 2.61. The molecular formula is C10H21NO3S. The Hall–Kier alpha value is -0.130. The monoisotopic (exact) mass is 235 g/mol. The van der Waals surface area contributed by atoms with Crippen molar-refractivity contribution >= 4 is 9.84 Å². The van der Waals surface area contributed by atoms with E-state index in [0.717, 1.165) is 25.7 Å².